The summed E-state index contributed by atoms with van der Waals surface area (Å²) in [6.07, 6.45) is 1.96. The summed E-state index contributed by atoms with van der Waals surface area (Å²) in [7, 11) is 0. The molecule has 124 valence electrons. The average molecular weight is 456 g/mol. The first-order chi connectivity index (χ1) is 12.0. The lowest BCUT2D eigenvalue weighted by molar-refractivity contribution is 0.963. The molecule has 3 aromatic rings. The van der Waals surface area contributed by atoms with Crippen LogP contribution in [0.4, 0.5) is 0 Å². The van der Waals surface area contributed by atoms with E-state index in [2.05, 4.69) is 74.5 Å². The van der Waals surface area contributed by atoms with E-state index in [1.165, 1.54) is 0 Å². The average Bonchev–Trinajstić information content (AvgIpc) is 2.87. The van der Waals surface area contributed by atoms with Crippen LogP contribution in [0.1, 0.15) is 22.5 Å². The third-order valence-corrected chi connectivity index (χ3v) is 5.13. The van der Waals surface area contributed by atoms with Gasteiger partial charge in [-0.15, -0.1) is 0 Å². The van der Waals surface area contributed by atoms with Gasteiger partial charge in [0.15, 0.2) is 0 Å². The van der Waals surface area contributed by atoms with E-state index in [1.54, 1.807) is 0 Å². The van der Waals surface area contributed by atoms with Gasteiger partial charge in [-0.05, 0) is 67.4 Å². The topological polar surface area (TPSA) is 28.7 Å². The second kappa shape index (κ2) is 7.43. The number of rotatable bonds is 3. The lowest BCUT2D eigenvalue weighted by Gasteiger charge is -2.10. The predicted molar refractivity (Wildman–Crippen MR) is 111 cm³/mol. The molecule has 1 heterocycles. The van der Waals surface area contributed by atoms with Crippen molar-refractivity contribution in [2.24, 2.45) is 0 Å². The van der Waals surface area contributed by atoms with Crippen LogP contribution in [0.15, 0.2) is 63.5 Å². The number of halogens is 2. The Labute approximate surface area is 164 Å². The third-order valence-electron chi connectivity index (χ3n) is 4.11. The zero-order chi connectivity index (χ0) is 18.0. The lowest BCUT2D eigenvalue weighted by atomic mass is 10.0. The largest absolute Gasteiger partial charge is 0.318 e. The molecule has 0 aliphatic rings. The molecule has 0 fully saturated rings. The van der Waals surface area contributed by atoms with Crippen molar-refractivity contribution in [3.8, 4) is 11.8 Å². The van der Waals surface area contributed by atoms with Crippen molar-refractivity contribution < 1.29 is 0 Å². The highest BCUT2D eigenvalue weighted by Gasteiger charge is 2.11. The number of hydrogen-bond acceptors (Lipinski definition) is 1. The number of benzene rings is 2. The zero-order valence-corrected chi connectivity index (χ0v) is 17.1. The number of nitrogens with zero attached hydrogens (tertiary/aromatic N) is 2. The van der Waals surface area contributed by atoms with E-state index in [-0.39, 0.29) is 0 Å². The van der Waals surface area contributed by atoms with E-state index < -0.39 is 0 Å². The molecule has 2 aromatic carbocycles. The van der Waals surface area contributed by atoms with Gasteiger partial charge in [-0.25, -0.2) is 0 Å². The Morgan fingerprint density at radius 3 is 2.36 bits per heavy atom. The standard InChI is InChI=1S/C21H16Br2N2/c1-14-10-17(11-18(13-24)16-6-8-19(22)9-7-16)15(2)25(14)21-5-3-4-20(23)12-21/h3-12H,1-2H3/b18-11-. The molecular weight excluding hydrogens is 440 g/mol. The summed E-state index contributed by atoms with van der Waals surface area (Å²) in [5.74, 6) is 0. The van der Waals surface area contributed by atoms with E-state index in [9.17, 15) is 5.26 Å². The quantitative estimate of drug-likeness (QED) is 0.404. The minimum absolute atomic E-state index is 0.655. The number of aromatic nitrogens is 1. The van der Waals surface area contributed by atoms with Gasteiger partial charge in [0.05, 0.1) is 11.6 Å². The van der Waals surface area contributed by atoms with Crippen molar-refractivity contribution in [2.75, 3.05) is 0 Å². The molecule has 4 heteroatoms. The fourth-order valence-electron chi connectivity index (χ4n) is 2.91. The highest BCUT2D eigenvalue weighted by molar-refractivity contribution is 9.10. The van der Waals surface area contributed by atoms with Crippen molar-refractivity contribution in [3.05, 3.63) is 86.1 Å². The van der Waals surface area contributed by atoms with Crippen LogP contribution in [-0.4, -0.2) is 4.57 Å². The van der Waals surface area contributed by atoms with Crippen LogP contribution in [-0.2, 0) is 0 Å². The number of aryl methyl sites for hydroxylation is 1. The first-order valence-corrected chi connectivity index (χ1v) is 9.41. The minimum Gasteiger partial charge on any atom is -0.318 e. The summed E-state index contributed by atoms with van der Waals surface area (Å²) >= 11 is 6.96. The van der Waals surface area contributed by atoms with Crippen LogP contribution in [0.2, 0.25) is 0 Å². The summed E-state index contributed by atoms with van der Waals surface area (Å²) in [4.78, 5) is 0. The molecule has 0 aliphatic heterocycles. The maximum Gasteiger partial charge on any atom is 0.0998 e. The lowest BCUT2D eigenvalue weighted by Crippen LogP contribution is -1.98. The first-order valence-electron chi connectivity index (χ1n) is 7.82. The summed E-state index contributed by atoms with van der Waals surface area (Å²) in [6.45, 7) is 4.16. The normalized spacial score (nSPS) is 11.4. The molecule has 0 radical (unpaired) electrons. The van der Waals surface area contributed by atoms with Gasteiger partial charge in [0.25, 0.3) is 0 Å². The molecule has 0 bridgehead atoms. The van der Waals surface area contributed by atoms with Crippen LogP contribution in [0.3, 0.4) is 0 Å². The van der Waals surface area contributed by atoms with Gasteiger partial charge in [0, 0.05) is 26.0 Å². The van der Waals surface area contributed by atoms with E-state index in [1.807, 2.05) is 42.5 Å². The number of nitriles is 1. The summed E-state index contributed by atoms with van der Waals surface area (Å²) < 4.78 is 4.25. The predicted octanol–water partition coefficient (Wildman–Crippen LogP) is 6.68. The summed E-state index contributed by atoms with van der Waals surface area (Å²) in [5, 5.41) is 9.59. The van der Waals surface area contributed by atoms with Crippen molar-refractivity contribution >= 4 is 43.5 Å². The van der Waals surface area contributed by atoms with E-state index in [0.29, 0.717) is 5.57 Å². The van der Waals surface area contributed by atoms with Gasteiger partial charge >= 0.3 is 0 Å². The first kappa shape index (κ1) is 17.7. The van der Waals surface area contributed by atoms with Gasteiger partial charge in [-0.2, -0.15) is 5.26 Å². The Bertz CT molecular complexity index is 990. The summed E-state index contributed by atoms with van der Waals surface area (Å²) in [5.41, 5.74) is 5.97. The molecule has 0 unspecified atom stereocenters. The number of allylic oxidation sites excluding steroid dienone is 1. The molecule has 0 spiro atoms. The van der Waals surface area contributed by atoms with Crippen molar-refractivity contribution in [3.63, 3.8) is 0 Å². The maximum absolute atomic E-state index is 9.59. The molecular formula is C21H16Br2N2. The SMILES string of the molecule is Cc1cc(/C=C(/C#N)c2ccc(Br)cc2)c(C)n1-c1cccc(Br)c1. The van der Waals surface area contributed by atoms with Crippen LogP contribution in [0, 0.1) is 25.2 Å². The molecule has 0 saturated heterocycles. The third kappa shape index (κ3) is 3.78. The van der Waals surface area contributed by atoms with Crippen molar-refractivity contribution in [1.82, 2.24) is 4.57 Å². The molecule has 25 heavy (non-hydrogen) atoms. The second-order valence-corrected chi connectivity index (χ2v) is 7.65. The Morgan fingerprint density at radius 1 is 1.00 bits per heavy atom. The van der Waals surface area contributed by atoms with Crippen LogP contribution >= 0.6 is 31.9 Å². The Kier molecular flexibility index (Phi) is 5.27. The monoisotopic (exact) mass is 454 g/mol. The zero-order valence-electron chi connectivity index (χ0n) is 13.9. The summed E-state index contributed by atoms with van der Waals surface area (Å²) in [6, 6.07) is 20.4. The molecule has 0 aliphatic carbocycles. The maximum atomic E-state index is 9.59. The molecule has 0 atom stereocenters. The van der Waals surface area contributed by atoms with Crippen molar-refractivity contribution in [2.45, 2.75) is 13.8 Å². The Balaban J connectivity index is 2.08. The molecule has 2 nitrogen and oxygen atoms in total. The number of hydrogen-bond donors (Lipinski definition) is 0. The fraction of sp³-hybridized carbons (Fsp3) is 0.0952. The highest BCUT2D eigenvalue weighted by Crippen LogP contribution is 2.27. The Morgan fingerprint density at radius 2 is 1.72 bits per heavy atom. The van der Waals surface area contributed by atoms with Crippen LogP contribution < -0.4 is 0 Å². The fourth-order valence-corrected chi connectivity index (χ4v) is 3.56. The smallest absolute Gasteiger partial charge is 0.0998 e. The Hall–Kier alpha value is -2.09. The van der Waals surface area contributed by atoms with Crippen LogP contribution in [0.5, 0.6) is 0 Å². The van der Waals surface area contributed by atoms with Crippen LogP contribution in [0.25, 0.3) is 17.3 Å². The van der Waals surface area contributed by atoms with Gasteiger partial charge in [0.1, 0.15) is 0 Å². The van der Waals surface area contributed by atoms with Gasteiger partial charge < -0.3 is 4.57 Å². The van der Waals surface area contributed by atoms with E-state index in [0.717, 1.165) is 37.1 Å². The van der Waals surface area contributed by atoms with Gasteiger partial charge in [0.2, 0.25) is 0 Å². The highest BCUT2D eigenvalue weighted by atomic mass is 79.9. The molecule has 0 saturated carbocycles. The molecule has 0 N–H and O–H groups in total. The van der Waals surface area contributed by atoms with Crippen molar-refractivity contribution in [1.29, 1.82) is 5.26 Å². The second-order valence-electron chi connectivity index (χ2n) is 5.82. The molecule has 0 amide bonds. The van der Waals surface area contributed by atoms with E-state index in [4.69, 9.17) is 0 Å². The minimum atomic E-state index is 0.655. The van der Waals surface area contributed by atoms with Gasteiger partial charge in [-0.1, -0.05) is 50.1 Å². The van der Waals surface area contributed by atoms with Gasteiger partial charge in [-0.3, -0.25) is 0 Å². The van der Waals surface area contributed by atoms with E-state index >= 15 is 0 Å². The molecule has 3 rings (SSSR count). The molecule has 1 aromatic heterocycles.